The van der Waals surface area contributed by atoms with Crippen LogP contribution in [-0.2, 0) is 18.1 Å². The molecule has 0 aliphatic heterocycles. The van der Waals surface area contributed by atoms with Gasteiger partial charge < -0.3 is 5.73 Å². The molecule has 0 amide bonds. The number of aromatic nitrogens is 1. The fourth-order valence-electron chi connectivity index (χ4n) is 2.64. The normalized spacial score (nSPS) is 13.4. The minimum atomic E-state index is -4.90. The van der Waals surface area contributed by atoms with Crippen LogP contribution in [0.4, 0.5) is 26.3 Å². The Morgan fingerprint density at radius 3 is 2.10 bits per heavy atom. The lowest BCUT2D eigenvalue weighted by Crippen LogP contribution is -2.13. The number of nitrogens with zero attached hydrogens (tertiary/aromatic N) is 1. The summed E-state index contributed by atoms with van der Waals surface area (Å²) < 4.78 is 78.3. The van der Waals surface area contributed by atoms with E-state index < -0.39 is 29.5 Å². The molecule has 160 valence electrons. The van der Waals surface area contributed by atoms with Crippen LogP contribution in [0.5, 0.6) is 0 Å². The molecule has 0 fully saturated rings. The highest BCUT2D eigenvalue weighted by molar-refractivity contribution is 7.98. The van der Waals surface area contributed by atoms with E-state index in [1.165, 1.54) is 5.38 Å². The lowest BCUT2D eigenvalue weighted by atomic mass is 10.0. The number of hydrogen-bond donors (Lipinski definition) is 1. The lowest BCUT2D eigenvalue weighted by molar-refractivity contribution is -0.143. The molecule has 1 aromatic heterocycles. The van der Waals surface area contributed by atoms with Gasteiger partial charge >= 0.3 is 12.4 Å². The van der Waals surface area contributed by atoms with Gasteiger partial charge in [0.1, 0.15) is 5.01 Å². The van der Waals surface area contributed by atoms with Crippen molar-refractivity contribution >= 4 is 23.1 Å². The zero-order chi connectivity index (χ0) is 21.9. The molecule has 2 nitrogen and oxygen atoms in total. The van der Waals surface area contributed by atoms with Crippen LogP contribution >= 0.6 is 23.1 Å². The molecular weight excluding hydrogens is 446 g/mol. The molecule has 0 aliphatic carbocycles. The summed E-state index contributed by atoms with van der Waals surface area (Å²) in [5, 5.41) is 1.88. The first-order valence-corrected chi connectivity index (χ1v) is 10.7. The monoisotopic (exact) mass is 462 g/mol. The van der Waals surface area contributed by atoms with Crippen LogP contribution in [0, 0.1) is 0 Å². The van der Waals surface area contributed by atoms with Crippen molar-refractivity contribution in [2.45, 2.75) is 24.1 Å². The maximum atomic E-state index is 13.1. The Balaban J connectivity index is 1.77. The summed E-state index contributed by atoms with van der Waals surface area (Å²) in [6.45, 7) is 0. The fraction of sp³-hybridized carbons (Fsp3) is 0.250. The van der Waals surface area contributed by atoms with E-state index in [9.17, 15) is 26.3 Å². The molecule has 3 aromatic rings. The third-order valence-corrected chi connectivity index (χ3v) is 6.24. The molecule has 10 heteroatoms. The van der Waals surface area contributed by atoms with Crippen LogP contribution in [0.2, 0.25) is 0 Å². The molecule has 3 rings (SSSR count). The summed E-state index contributed by atoms with van der Waals surface area (Å²) in [6, 6.07) is 10.7. The van der Waals surface area contributed by atoms with Crippen LogP contribution in [0.1, 0.15) is 27.7 Å². The molecule has 0 saturated carbocycles. The summed E-state index contributed by atoms with van der Waals surface area (Å²) in [5.41, 5.74) is 4.29. The molecule has 1 atom stereocenters. The molecule has 2 N–H and O–H groups in total. The van der Waals surface area contributed by atoms with Crippen molar-refractivity contribution in [3.05, 3.63) is 75.6 Å². The number of nitrogens with two attached hydrogens (primary N) is 1. The minimum Gasteiger partial charge on any atom is -0.321 e. The van der Waals surface area contributed by atoms with E-state index in [1.807, 2.05) is 30.3 Å². The Morgan fingerprint density at radius 1 is 0.933 bits per heavy atom. The highest BCUT2D eigenvalue weighted by Crippen LogP contribution is 2.39. The number of alkyl halides is 6. The smallest absolute Gasteiger partial charge is 0.321 e. The highest BCUT2D eigenvalue weighted by Gasteiger charge is 2.37. The summed E-state index contributed by atoms with van der Waals surface area (Å²) >= 11 is 2.68. The molecule has 30 heavy (non-hydrogen) atoms. The average molecular weight is 462 g/mol. The van der Waals surface area contributed by atoms with Crippen molar-refractivity contribution < 1.29 is 26.3 Å². The average Bonchev–Trinajstić information content (AvgIpc) is 3.17. The zero-order valence-corrected chi connectivity index (χ0v) is 16.9. The number of halogens is 6. The quantitative estimate of drug-likeness (QED) is 0.411. The van der Waals surface area contributed by atoms with Gasteiger partial charge in [-0.25, -0.2) is 4.98 Å². The SMILES string of the molecule is NC(CSCc1ccccc1)c1nc(-c2cc(C(F)(F)F)cc(C(F)(F)F)c2)cs1. The number of thioether (sulfide) groups is 1. The van der Waals surface area contributed by atoms with Crippen molar-refractivity contribution in [3.8, 4) is 11.3 Å². The molecule has 0 bridgehead atoms. The standard InChI is InChI=1S/C20H16F6N2S2/c21-19(22,23)14-6-13(7-15(8-14)20(24,25)26)17-11-30-18(28-17)16(27)10-29-9-12-4-2-1-3-5-12/h1-8,11,16H,9-10,27H2. The van der Waals surface area contributed by atoms with Crippen LogP contribution in [0.3, 0.4) is 0 Å². The largest absolute Gasteiger partial charge is 0.416 e. The van der Waals surface area contributed by atoms with Gasteiger partial charge in [0.05, 0.1) is 22.9 Å². The van der Waals surface area contributed by atoms with Gasteiger partial charge in [0, 0.05) is 22.4 Å². The van der Waals surface area contributed by atoms with Gasteiger partial charge in [-0.2, -0.15) is 38.1 Å². The first-order valence-electron chi connectivity index (χ1n) is 8.66. The molecule has 2 aromatic carbocycles. The van der Waals surface area contributed by atoms with E-state index in [0.29, 0.717) is 22.9 Å². The highest BCUT2D eigenvalue weighted by atomic mass is 32.2. The summed E-state index contributed by atoms with van der Waals surface area (Å²) in [4.78, 5) is 4.20. The van der Waals surface area contributed by atoms with Gasteiger partial charge in [-0.05, 0) is 23.8 Å². The fourth-order valence-corrected chi connectivity index (χ4v) is 4.54. The second kappa shape index (κ2) is 8.99. The van der Waals surface area contributed by atoms with E-state index in [1.54, 1.807) is 11.8 Å². The van der Waals surface area contributed by atoms with Gasteiger partial charge in [-0.1, -0.05) is 30.3 Å². The number of benzene rings is 2. The van der Waals surface area contributed by atoms with Crippen LogP contribution < -0.4 is 5.73 Å². The van der Waals surface area contributed by atoms with E-state index in [-0.39, 0.29) is 17.3 Å². The molecule has 0 aliphatic rings. The van der Waals surface area contributed by atoms with Gasteiger partial charge in [-0.15, -0.1) is 11.3 Å². The van der Waals surface area contributed by atoms with Crippen molar-refractivity contribution in [1.82, 2.24) is 4.98 Å². The van der Waals surface area contributed by atoms with Gasteiger partial charge in [-0.3, -0.25) is 0 Å². The summed E-state index contributed by atoms with van der Waals surface area (Å²) in [5.74, 6) is 1.24. The predicted molar refractivity (Wildman–Crippen MR) is 107 cm³/mol. The second-order valence-corrected chi connectivity index (χ2v) is 8.39. The Hall–Kier alpha value is -2.04. The van der Waals surface area contributed by atoms with Crippen LogP contribution in [0.25, 0.3) is 11.3 Å². The molecule has 0 radical (unpaired) electrons. The Bertz CT molecular complexity index is 951. The third-order valence-electron chi connectivity index (χ3n) is 4.13. The Kier molecular flexibility index (Phi) is 6.78. The van der Waals surface area contributed by atoms with Gasteiger partial charge in [0.2, 0.25) is 0 Å². The van der Waals surface area contributed by atoms with Crippen molar-refractivity contribution in [2.24, 2.45) is 5.73 Å². The van der Waals surface area contributed by atoms with E-state index in [0.717, 1.165) is 22.7 Å². The zero-order valence-electron chi connectivity index (χ0n) is 15.3. The van der Waals surface area contributed by atoms with E-state index in [2.05, 4.69) is 4.98 Å². The summed E-state index contributed by atoms with van der Waals surface area (Å²) in [7, 11) is 0. The van der Waals surface area contributed by atoms with Crippen molar-refractivity contribution in [2.75, 3.05) is 5.75 Å². The van der Waals surface area contributed by atoms with Gasteiger partial charge in [0.15, 0.2) is 0 Å². The molecule has 1 unspecified atom stereocenters. The Morgan fingerprint density at radius 2 is 1.53 bits per heavy atom. The third kappa shape index (κ3) is 5.77. The van der Waals surface area contributed by atoms with E-state index in [4.69, 9.17) is 5.73 Å². The topological polar surface area (TPSA) is 38.9 Å². The van der Waals surface area contributed by atoms with Crippen molar-refractivity contribution in [3.63, 3.8) is 0 Å². The van der Waals surface area contributed by atoms with Gasteiger partial charge in [0.25, 0.3) is 0 Å². The lowest BCUT2D eigenvalue weighted by Gasteiger charge is -2.13. The molecule has 1 heterocycles. The maximum Gasteiger partial charge on any atom is 0.416 e. The molecular formula is C20H16F6N2S2. The van der Waals surface area contributed by atoms with Crippen molar-refractivity contribution in [1.29, 1.82) is 0 Å². The minimum absolute atomic E-state index is 0.0371. The summed E-state index contributed by atoms with van der Waals surface area (Å²) in [6.07, 6.45) is -9.81. The molecule has 0 saturated heterocycles. The predicted octanol–water partition coefficient (Wildman–Crippen LogP) is 6.78. The maximum absolute atomic E-state index is 13.1. The number of rotatable bonds is 6. The Labute approximate surface area is 177 Å². The molecule has 0 spiro atoms. The van der Waals surface area contributed by atoms with Crippen LogP contribution in [-0.4, -0.2) is 10.7 Å². The first-order chi connectivity index (χ1) is 14.0. The second-order valence-electron chi connectivity index (χ2n) is 6.47. The number of thiazole rings is 1. The van der Waals surface area contributed by atoms with E-state index >= 15 is 0 Å². The first kappa shape index (κ1) is 22.6. The number of hydrogen-bond acceptors (Lipinski definition) is 4. The van der Waals surface area contributed by atoms with Crippen LogP contribution in [0.15, 0.2) is 53.9 Å².